The summed E-state index contributed by atoms with van der Waals surface area (Å²) in [5.74, 6) is 1.45. The van der Waals surface area contributed by atoms with Crippen LogP contribution in [-0.2, 0) is 0 Å². The molecule has 15 heavy (non-hydrogen) atoms. The first-order valence-corrected chi connectivity index (χ1v) is 5.60. The summed E-state index contributed by atoms with van der Waals surface area (Å²) in [4.78, 5) is 0. The average molecular weight is 206 g/mol. The number of aliphatic hydroxyl groups is 1. The summed E-state index contributed by atoms with van der Waals surface area (Å²) >= 11 is 0. The van der Waals surface area contributed by atoms with E-state index in [9.17, 15) is 5.11 Å². The Bertz CT molecular complexity index is 333. The van der Waals surface area contributed by atoms with E-state index in [0.29, 0.717) is 5.92 Å². The van der Waals surface area contributed by atoms with Crippen LogP contribution >= 0.6 is 0 Å². The minimum atomic E-state index is -0.362. The zero-order valence-electron chi connectivity index (χ0n) is 9.31. The lowest BCUT2D eigenvalue weighted by Gasteiger charge is -2.30. The summed E-state index contributed by atoms with van der Waals surface area (Å²) in [6.45, 7) is 4.35. The minimum Gasteiger partial charge on any atom is -0.490 e. The van der Waals surface area contributed by atoms with Gasteiger partial charge in [-0.3, -0.25) is 0 Å². The van der Waals surface area contributed by atoms with Crippen LogP contribution in [0.5, 0.6) is 5.75 Å². The van der Waals surface area contributed by atoms with Crippen molar-refractivity contribution in [1.82, 2.24) is 0 Å². The molecule has 2 rings (SSSR count). The number of aliphatic hydroxyl groups excluding tert-OH is 1. The second kappa shape index (κ2) is 4.23. The largest absolute Gasteiger partial charge is 0.490 e. The third kappa shape index (κ3) is 2.32. The maximum Gasteiger partial charge on any atom is 0.125 e. The average Bonchev–Trinajstić information content (AvgIpc) is 2.16. The van der Waals surface area contributed by atoms with Crippen molar-refractivity contribution in [2.24, 2.45) is 5.92 Å². The van der Waals surface area contributed by atoms with Crippen LogP contribution in [0, 0.1) is 5.92 Å². The lowest BCUT2D eigenvalue weighted by atomic mass is 9.94. The molecule has 1 N–H and O–H groups in total. The Morgan fingerprint density at radius 2 is 2.13 bits per heavy atom. The Morgan fingerprint density at radius 3 is 2.87 bits per heavy atom. The summed E-state index contributed by atoms with van der Waals surface area (Å²) in [6.07, 6.45) is 1.52. The molecule has 0 amide bonds. The summed E-state index contributed by atoms with van der Waals surface area (Å²) in [7, 11) is 0. The minimum absolute atomic E-state index is 0.162. The second-order valence-corrected chi connectivity index (χ2v) is 4.66. The Morgan fingerprint density at radius 1 is 1.40 bits per heavy atom. The van der Waals surface area contributed by atoms with E-state index < -0.39 is 0 Å². The highest BCUT2D eigenvalue weighted by atomic mass is 16.5. The summed E-state index contributed by atoms with van der Waals surface area (Å²) in [5, 5.41) is 9.96. The standard InChI is InChI=1S/C13H18O2/c1-9(2)7-10-8-12(14)11-5-3-4-6-13(11)15-10/h3-6,9-10,12,14H,7-8H2,1-2H3/t10?,12-/m0/s1. The van der Waals surface area contributed by atoms with Gasteiger partial charge in [-0.25, -0.2) is 0 Å². The van der Waals surface area contributed by atoms with Crippen LogP contribution in [0.3, 0.4) is 0 Å². The van der Waals surface area contributed by atoms with Gasteiger partial charge in [-0.05, 0) is 18.4 Å². The van der Waals surface area contributed by atoms with Crippen molar-refractivity contribution < 1.29 is 9.84 Å². The van der Waals surface area contributed by atoms with Gasteiger partial charge < -0.3 is 9.84 Å². The molecule has 0 saturated carbocycles. The summed E-state index contributed by atoms with van der Waals surface area (Å²) < 4.78 is 5.85. The van der Waals surface area contributed by atoms with E-state index in [1.54, 1.807) is 0 Å². The number of rotatable bonds is 2. The topological polar surface area (TPSA) is 29.5 Å². The van der Waals surface area contributed by atoms with Crippen molar-refractivity contribution in [2.45, 2.75) is 38.9 Å². The monoisotopic (exact) mass is 206 g/mol. The molecule has 2 nitrogen and oxygen atoms in total. The Hall–Kier alpha value is -1.02. The van der Waals surface area contributed by atoms with Crippen LogP contribution < -0.4 is 4.74 Å². The van der Waals surface area contributed by atoms with Crippen molar-refractivity contribution in [2.75, 3.05) is 0 Å². The highest BCUT2D eigenvalue weighted by Gasteiger charge is 2.26. The highest BCUT2D eigenvalue weighted by molar-refractivity contribution is 5.36. The van der Waals surface area contributed by atoms with Gasteiger partial charge in [0.2, 0.25) is 0 Å². The first-order valence-electron chi connectivity index (χ1n) is 5.60. The molecule has 0 radical (unpaired) electrons. The number of hydrogen-bond donors (Lipinski definition) is 1. The summed E-state index contributed by atoms with van der Waals surface area (Å²) in [6, 6.07) is 7.76. The lowest BCUT2D eigenvalue weighted by Crippen LogP contribution is -2.26. The van der Waals surface area contributed by atoms with Gasteiger partial charge in [-0.2, -0.15) is 0 Å². The van der Waals surface area contributed by atoms with Crippen molar-refractivity contribution in [1.29, 1.82) is 0 Å². The van der Waals surface area contributed by atoms with Gasteiger partial charge in [0.05, 0.1) is 6.10 Å². The van der Waals surface area contributed by atoms with Crippen LogP contribution in [0.1, 0.15) is 38.4 Å². The molecule has 1 heterocycles. The van der Waals surface area contributed by atoms with Gasteiger partial charge >= 0.3 is 0 Å². The summed E-state index contributed by atoms with van der Waals surface area (Å²) in [5.41, 5.74) is 0.928. The molecular weight excluding hydrogens is 188 g/mol. The van der Waals surface area contributed by atoms with Crippen LogP contribution in [0.15, 0.2) is 24.3 Å². The molecule has 0 aromatic heterocycles. The zero-order chi connectivity index (χ0) is 10.8. The van der Waals surface area contributed by atoms with Crippen LogP contribution in [0.4, 0.5) is 0 Å². The number of para-hydroxylation sites is 1. The van der Waals surface area contributed by atoms with Gasteiger partial charge in [0.1, 0.15) is 11.9 Å². The van der Waals surface area contributed by atoms with Gasteiger partial charge in [-0.15, -0.1) is 0 Å². The SMILES string of the molecule is CC(C)CC1C[C@H](O)c2ccccc2O1. The Balaban J connectivity index is 2.15. The predicted molar refractivity (Wildman–Crippen MR) is 59.9 cm³/mol. The Kier molecular flexibility index (Phi) is 2.96. The lowest BCUT2D eigenvalue weighted by molar-refractivity contribution is 0.0556. The highest BCUT2D eigenvalue weighted by Crippen LogP contribution is 2.35. The third-order valence-corrected chi connectivity index (χ3v) is 2.79. The molecule has 82 valence electrons. The van der Waals surface area contributed by atoms with E-state index in [4.69, 9.17) is 4.74 Å². The van der Waals surface area contributed by atoms with Gasteiger partial charge in [0, 0.05) is 12.0 Å². The molecule has 1 unspecified atom stereocenters. The quantitative estimate of drug-likeness (QED) is 0.806. The molecule has 2 heteroatoms. The molecule has 2 atom stereocenters. The van der Waals surface area contributed by atoms with E-state index in [0.717, 1.165) is 24.2 Å². The maximum absolute atomic E-state index is 9.96. The van der Waals surface area contributed by atoms with E-state index in [2.05, 4.69) is 13.8 Å². The maximum atomic E-state index is 9.96. The van der Waals surface area contributed by atoms with Crippen molar-refractivity contribution in [3.63, 3.8) is 0 Å². The molecular formula is C13H18O2. The van der Waals surface area contributed by atoms with Crippen LogP contribution in [0.25, 0.3) is 0 Å². The fourth-order valence-corrected chi connectivity index (χ4v) is 2.14. The van der Waals surface area contributed by atoms with Crippen molar-refractivity contribution in [3.05, 3.63) is 29.8 Å². The molecule has 1 aliphatic rings. The molecule has 0 aliphatic carbocycles. The first-order chi connectivity index (χ1) is 7.16. The van der Waals surface area contributed by atoms with Gasteiger partial charge in [-0.1, -0.05) is 32.0 Å². The van der Waals surface area contributed by atoms with E-state index in [1.807, 2.05) is 24.3 Å². The molecule has 1 aliphatic heterocycles. The number of fused-ring (bicyclic) bond motifs is 1. The first kappa shape index (κ1) is 10.5. The number of benzene rings is 1. The molecule has 0 fully saturated rings. The number of ether oxygens (including phenoxy) is 1. The molecule has 1 aromatic carbocycles. The smallest absolute Gasteiger partial charge is 0.125 e. The normalized spacial score (nSPS) is 24.8. The van der Waals surface area contributed by atoms with Crippen LogP contribution in [-0.4, -0.2) is 11.2 Å². The predicted octanol–water partition coefficient (Wildman–Crippen LogP) is 2.92. The fourth-order valence-electron chi connectivity index (χ4n) is 2.14. The van der Waals surface area contributed by atoms with Gasteiger partial charge in [0.15, 0.2) is 0 Å². The molecule has 0 spiro atoms. The van der Waals surface area contributed by atoms with E-state index in [1.165, 1.54) is 0 Å². The van der Waals surface area contributed by atoms with Crippen molar-refractivity contribution in [3.8, 4) is 5.75 Å². The third-order valence-electron chi connectivity index (χ3n) is 2.79. The zero-order valence-corrected chi connectivity index (χ0v) is 9.31. The van der Waals surface area contributed by atoms with Crippen molar-refractivity contribution >= 4 is 0 Å². The Labute approximate surface area is 90.9 Å². The number of hydrogen-bond acceptors (Lipinski definition) is 2. The van der Waals surface area contributed by atoms with Crippen LogP contribution in [0.2, 0.25) is 0 Å². The second-order valence-electron chi connectivity index (χ2n) is 4.66. The van der Waals surface area contributed by atoms with Gasteiger partial charge in [0.25, 0.3) is 0 Å². The van der Waals surface area contributed by atoms with E-state index in [-0.39, 0.29) is 12.2 Å². The molecule has 0 bridgehead atoms. The van der Waals surface area contributed by atoms with E-state index >= 15 is 0 Å². The fraction of sp³-hybridized carbons (Fsp3) is 0.538. The molecule has 0 saturated heterocycles. The molecule has 1 aromatic rings.